The number of aromatic nitrogens is 1. The molecule has 5 nitrogen and oxygen atoms in total. The lowest BCUT2D eigenvalue weighted by Crippen LogP contribution is -2.44. The number of alkyl carbamates (subject to hydrolysis) is 1. The lowest BCUT2D eigenvalue weighted by atomic mass is 10.2. The van der Waals surface area contributed by atoms with Crippen molar-refractivity contribution in [3.8, 4) is 0 Å². The molecule has 1 aromatic rings. The second-order valence-corrected chi connectivity index (χ2v) is 7.34. The molecule has 0 saturated heterocycles. The molecule has 8 heteroatoms. The topological polar surface area (TPSA) is 63.2 Å². The smallest absolute Gasteiger partial charge is 0.407 e. The largest absolute Gasteiger partial charge is 0.444 e. The van der Waals surface area contributed by atoms with E-state index >= 15 is 0 Å². The number of nitrogens with zero attached hydrogens (tertiary/aromatic N) is 1. The molecule has 0 aromatic carbocycles. The highest BCUT2D eigenvalue weighted by Crippen LogP contribution is 2.17. The highest BCUT2D eigenvalue weighted by Gasteiger charge is 2.30. The molecule has 0 radical (unpaired) electrons. The molecule has 1 aromatic heterocycles. The van der Waals surface area contributed by atoms with Gasteiger partial charge in [-0.05, 0) is 34.6 Å². The molecule has 0 aliphatic carbocycles. The zero-order valence-corrected chi connectivity index (χ0v) is 14.4. The van der Waals surface area contributed by atoms with E-state index in [9.17, 15) is 13.6 Å². The highest BCUT2D eigenvalue weighted by atomic mass is 32.1. The molecule has 1 amide bonds. The summed E-state index contributed by atoms with van der Waals surface area (Å²) in [5.74, 6) is -3.05. The van der Waals surface area contributed by atoms with Crippen molar-refractivity contribution in [2.24, 2.45) is 0 Å². The number of nitrogens with one attached hydrogen (secondary N) is 2. The Kier molecular flexibility index (Phi) is 6.25. The second-order valence-electron chi connectivity index (χ2n) is 6.06. The number of hydrogen-bond donors (Lipinski definition) is 2. The third-order valence-electron chi connectivity index (χ3n) is 2.56. The van der Waals surface area contributed by atoms with E-state index in [1.54, 1.807) is 20.8 Å². The standard InChI is InChI=1S/C14H23F2N3O2S/c1-9-11(22-10(2)19-9)6-17-7-14(15,16)8-18-12(20)21-13(3,4)5/h17H,6-8H2,1-5H3,(H,18,20). The molecule has 1 rings (SSSR count). The Hall–Kier alpha value is -1.28. The molecule has 22 heavy (non-hydrogen) atoms. The van der Waals surface area contributed by atoms with Crippen LogP contribution in [0.3, 0.4) is 0 Å². The van der Waals surface area contributed by atoms with Crippen LogP contribution in [-0.2, 0) is 11.3 Å². The summed E-state index contributed by atoms with van der Waals surface area (Å²) < 4.78 is 32.3. The Bertz CT molecular complexity index is 513. The van der Waals surface area contributed by atoms with E-state index in [2.05, 4.69) is 15.6 Å². The molecule has 0 saturated carbocycles. The first-order chi connectivity index (χ1) is 9.98. The van der Waals surface area contributed by atoms with Crippen LogP contribution in [0.25, 0.3) is 0 Å². The number of ether oxygens (including phenoxy) is 1. The first kappa shape index (κ1) is 18.8. The summed E-state index contributed by atoms with van der Waals surface area (Å²) in [6, 6.07) is 0. The van der Waals surface area contributed by atoms with Crippen LogP contribution in [0.2, 0.25) is 0 Å². The molecule has 1 heterocycles. The van der Waals surface area contributed by atoms with Crippen LogP contribution in [0.15, 0.2) is 0 Å². The Morgan fingerprint density at radius 1 is 1.27 bits per heavy atom. The van der Waals surface area contributed by atoms with Gasteiger partial charge in [-0.1, -0.05) is 0 Å². The monoisotopic (exact) mass is 335 g/mol. The van der Waals surface area contributed by atoms with Crippen molar-refractivity contribution in [3.05, 3.63) is 15.6 Å². The Morgan fingerprint density at radius 2 is 1.91 bits per heavy atom. The number of carbonyl (C=O) groups is 1. The quantitative estimate of drug-likeness (QED) is 0.839. The summed E-state index contributed by atoms with van der Waals surface area (Å²) in [5.41, 5.74) is 0.143. The molecule has 0 bridgehead atoms. The van der Waals surface area contributed by atoms with Crippen LogP contribution in [-0.4, -0.2) is 35.7 Å². The van der Waals surface area contributed by atoms with Crippen LogP contribution >= 0.6 is 11.3 Å². The van der Waals surface area contributed by atoms with E-state index in [-0.39, 0.29) is 0 Å². The van der Waals surface area contributed by atoms with Gasteiger partial charge in [-0.15, -0.1) is 11.3 Å². The lowest BCUT2D eigenvalue weighted by molar-refractivity contribution is -0.00373. The number of rotatable bonds is 6. The van der Waals surface area contributed by atoms with Gasteiger partial charge in [0.2, 0.25) is 0 Å². The average Bonchev–Trinajstić information content (AvgIpc) is 2.63. The fraction of sp³-hybridized carbons (Fsp3) is 0.714. The molecule has 0 unspecified atom stereocenters. The fourth-order valence-corrected chi connectivity index (χ4v) is 2.58. The van der Waals surface area contributed by atoms with E-state index in [4.69, 9.17) is 4.74 Å². The normalized spacial score (nSPS) is 12.3. The number of amides is 1. The summed E-state index contributed by atoms with van der Waals surface area (Å²) in [7, 11) is 0. The van der Waals surface area contributed by atoms with Crippen molar-refractivity contribution in [2.75, 3.05) is 13.1 Å². The Labute approximate surface area is 133 Å². The van der Waals surface area contributed by atoms with Gasteiger partial charge in [-0.25, -0.2) is 18.6 Å². The summed E-state index contributed by atoms with van der Waals surface area (Å²) in [6.07, 6.45) is -0.846. The summed E-state index contributed by atoms with van der Waals surface area (Å²) in [5, 5.41) is 5.69. The van der Waals surface area contributed by atoms with Gasteiger partial charge in [0.1, 0.15) is 5.60 Å². The van der Waals surface area contributed by atoms with Gasteiger partial charge in [-0.2, -0.15) is 0 Å². The third kappa shape index (κ3) is 7.13. The minimum Gasteiger partial charge on any atom is -0.444 e. The van der Waals surface area contributed by atoms with Gasteiger partial charge in [0.15, 0.2) is 0 Å². The van der Waals surface area contributed by atoms with Crippen LogP contribution in [0, 0.1) is 13.8 Å². The summed E-state index contributed by atoms with van der Waals surface area (Å²) in [4.78, 5) is 16.5. The molecule has 0 aliphatic rings. The van der Waals surface area contributed by atoms with Crippen LogP contribution < -0.4 is 10.6 Å². The molecule has 126 valence electrons. The Balaban J connectivity index is 2.34. The van der Waals surface area contributed by atoms with Gasteiger partial charge in [0.05, 0.1) is 23.8 Å². The van der Waals surface area contributed by atoms with Crippen molar-refractivity contribution in [1.29, 1.82) is 0 Å². The first-order valence-corrected chi connectivity index (χ1v) is 7.78. The predicted molar refractivity (Wildman–Crippen MR) is 82.5 cm³/mol. The number of halogens is 2. The van der Waals surface area contributed by atoms with Gasteiger partial charge >= 0.3 is 6.09 Å². The molecule has 0 aliphatic heterocycles. The van der Waals surface area contributed by atoms with Gasteiger partial charge in [-0.3, -0.25) is 0 Å². The van der Waals surface area contributed by atoms with E-state index < -0.39 is 30.7 Å². The lowest BCUT2D eigenvalue weighted by Gasteiger charge is -2.22. The van der Waals surface area contributed by atoms with Gasteiger partial charge in [0.25, 0.3) is 5.92 Å². The van der Waals surface area contributed by atoms with Gasteiger partial charge < -0.3 is 15.4 Å². The molecule has 2 N–H and O–H groups in total. The number of alkyl halides is 2. The third-order valence-corrected chi connectivity index (χ3v) is 3.63. The maximum atomic E-state index is 13.7. The Morgan fingerprint density at radius 3 is 2.41 bits per heavy atom. The average molecular weight is 335 g/mol. The zero-order chi connectivity index (χ0) is 17.0. The van der Waals surface area contributed by atoms with E-state index in [0.29, 0.717) is 6.54 Å². The zero-order valence-electron chi connectivity index (χ0n) is 13.5. The second kappa shape index (κ2) is 7.32. The SMILES string of the molecule is Cc1nc(C)c(CNCC(F)(F)CNC(=O)OC(C)(C)C)s1. The minimum absolute atomic E-state index is 0.333. The van der Waals surface area contributed by atoms with E-state index in [1.807, 2.05) is 13.8 Å². The van der Waals surface area contributed by atoms with Crippen LogP contribution in [0.1, 0.15) is 36.3 Å². The van der Waals surface area contributed by atoms with Crippen LogP contribution in [0.4, 0.5) is 13.6 Å². The van der Waals surface area contributed by atoms with Crippen molar-refractivity contribution in [1.82, 2.24) is 15.6 Å². The van der Waals surface area contributed by atoms with E-state index in [0.717, 1.165) is 15.6 Å². The number of carbonyl (C=O) groups excluding carboxylic acids is 1. The predicted octanol–water partition coefficient (Wildman–Crippen LogP) is 3.01. The summed E-state index contributed by atoms with van der Waals surface area (Å²) in [6.45, 7) is 7.78. The van der Waals surface area contributed by atoms with Crippen molar-refractivity contribution < 1.29 is 18.3 Å². The van der Waals surface area contributed by atoms with Crippen LogP contribution in [0.5, 0.6) is 0 Å². The molecule has 0 spiro atoms. The van der Waals surface area contributed by atoms with E-state index in [1.165, 1.54) is 11.3 Å². The fourth-order valence-electron chi connectivity index (χ4n) is 1.67. The number of thiazole rings is 1. The van der Waals surface area contributed by atoms with Gasteiger partial charge in [0, 0.05) is 11.4 Å². The molecule has 0 atom stereocenters. The minimum atomic E-state index is -3.05. The van der Waals surface area contributed by atoms with Crippen molar-refractivity contribution >= 4 is 17.4 Å². The maximum absolute atomic E-state index is 13.7. The first-order valence-electron chi connectivity index (χ1n) is 6.97. The maximum Gasteiger partial charge on any atom is 0.407 e. The number of hydrogen-bond acceptors (Lipinski definition) is 5. The molecular weight excluding hydrogens is 312 g/mol. The van der Waals surface area contributed by atoms with Crippen molar-refractivity contribution in [2.45, 2.75) is 52.7 Å². The molecular formula is C14H23F2N3O2S. The molecule has 0 fully saturated rings. The van der Waals surface area contributed by atoms with Crippen molar-refractivity contribution in [3.63, 3.8) is 0 Å². The highest BCUT2D eigenvalue weighted by molar-refractivity contribution is 7.11. The number of aryl methyl sites for hydroxylation is 2. The summed E-state index contributed by atoms with van der Waals surface area (Å²) >= 11 is 1.48.